The second-order valence-corrected chi connectivity index (χ2v) is 4.22. The van der Waals surface area contributed by atoms with E-state index < -0.39 is 11.0 Å². The van der Waals surface area contributed by atoms with Crippen LogP contribution in [0.1, 0.15) is 40.0 Å². The molecule has 1 fully saturated rings. The summed E-state index contributed by atoms with van der Waals surface area (Å²) in [6.45, 7) is 5.54. The third-order valence-electron chi connectivity index (χ3n) is 3.04. The van der Waals surface area contributed by atoms with E-state index >= 15 is 0 Å². The zero-order chi connectivity index (χ0) is 10.1. The van der Waals surface area contributed by atoms with Crippen molar-refractivity contribution < 1.29 is 14.6 Å². The van der Waals surface area contributed by atoms with Crippen molar-refractivity contribution in [2.45, 2.75) is 45.6 Å². The van der Waals surface area contributed by atoms with Crippen LogP contribution in [0.4, 0.5) is 0 Å². The van der Waals surface area contributed by atoms with Crippen LogP contribution in [0.3, 0.4) is 0 Å². The van der Waals surface area contributed by atoms with Gasteiger partial charge < -0.3 is 9.84 Å². The van der Waals surface area contributed by atoms with Crippen LogP contribution in [0.2, 0.25) is 0 Å². The van der Waals surface area contributed by atoms with E-state index in [-0.39, 0.29) is 5.97 Å². The Morgan fingerprint density at radius 3 is 2.31 bits per heavy atom. The quantitative estimate of drug-likeness (QED) is 0.679. The Balaban J connectivity index is 2.76. The molecule has 1 aliphatic rings. The number of aliphatic hydroxyl groups is 1. The molecule has 0 spiro atoms. The maximum absolute atomic E-state index is 11.6. The molecule has 76 valence electrons. The van der Waals surface area contributed by atoms with Crippen LogP contribution in [-0.4, -0.2) is 23.3 Å². The number of rotatable bonds is 3. The second-order valence-electron chi connectivity index (χ2n) is 4.22. The second kappa shape index (κ2) is 3.29. The highest BCUT2D eigenvalue weighted by Crippen LogP contribution is 2.50. The van der Waals surface area contributed by atoms with Gasteiger partial charge in [0.05, 0.1) is 17.6 Å². The normalized spacial score (nSPS) is 20.6. The van der Waals surface area contributed by atoms with Crippen LogP contribution >= 0.6 is 0 Å². The van der Waals surface area contributed by atoms with Gasteiger partial charge in [0, 0.05) is 0 Å². The summed E-state index contributed by atoms with van der Waals surface area (Å²) in [5.41, 5.74) is -1.60. The summed E-state index contributed by atoms with van der Waals surface area (Å²) in [7, 11) is 0. The smallest absolute Gasteiger partial charge is 0.314 e. The van der Waals surface area contributed by atoms with Crippen molar-refractivity contribution >= 4 is 5.97 Å². The molecular weight excluding hydrogens is 168 g/mol. The van der Waals surface area contributed by atoms with Gasteiger partial charge in [-0.15, -0.1) is 0 Å². The lowest BCUT2D eigenvalue weighted by atomic mass is 9.60. The molecular formula is C10H18O3. The Morgan fingerprint density at radius 2 is 2.08 bits per heavy atom. The molecule has 0 atom stereocenters. The lowest BCUT2D eigenvalue weighted by Gasteiger charge is -2.47. The minimum Gasteiger partial charge on any atom is -0.465 e. The van der Waals surface area contributed by atoms with Gasteiger partial charge in [0.25, 0.3) is 0 Å². The highest BCUT2D eigenvalue weighted by molar-refractivity contribution is 5.79. The summed E-state index contributed by atoms with van der Waals surface area (Å²) in [5.74, 6) is -0.242. The van der Waals surface area contributed by atoms with Gasteiger partial charge in [-0.2, -0.15) is 0 Å². The van der Waals surface area contributed by atoms with Gasteiger partial charge in [-0.1, -0.05) is 6.42 Å². The summed E-state index contributed by atoms with van der Waals surface area (Å²) >= 11 is 0. The van der Waals surface area contributed by atoms with E-state index in [0.717, 1.165) is 19.3 Å². The Kier molecular flexibility index (Phi) is 2.66. The SMILES string of the molecule is CCOC(=O)C1(C(C)(C)O)CCC1. The molecule has 0 heterocycles. The molecule has 0 aromatic heterocycles. The first-order chi connectivity index (χ1) is 5.94. The van der Waals surface area contributed by atoms with Crippen LogP contribution < -0.4 is 0 Å². The predicted octanol–water partition coefficient (Wildman–Crippen LogP) is 1.49. The summed E-state index contributed by atoms with van der Waals surface area (Å²) in [6, 6.07) is 0. The lowest BCUT2D eigenvalue weighted by Crippen LogP contribution is -2.54. The van der Waals surface area contributed by atoms with Gasteiger partial charge in [-0.05, 0) is 33.6 Å². The van der Waals surface area contributed by atoms with E-state index in [9.17, 15) is 9.90 Å². The molecule has 3 nitrogen and oxygen atoms in total. The molecule has 1 rings (SSSR count). The summed E-state index contributed by atoms with van der Waals surface area (Å²) in [5, 5.41) is 9.88. The number of hydrogen-bond donors (Lipinski definition) is 1. The third-order valence-corrected chi connectivity index (χ3v) is 3.04. The van der Waals surface area contributed by atoms with Gasteiger partial charge in [0.15, 0.2) is 0 Å². The Labute approximate surface area is 79.1 Å². The largest absolute Gasteiger partial charge is 0.465 e. The number of carbonyl (C=O) groups is 1. The van der Waals surface area contributed by atoms with Gasteiger partial charge >= 0.3 is 5.97 Å². The average molecular weight is 186 g/mol. The lowest BCUT2D eigenvalue weighted by molar-refractivity contribution is -0.184. The monoisotopic (exact) mass is 186 g/mol. The van der Waals surface area contributed by atoms with Gasteiger partial charge in [0.2, 0.25) is 0 Å². The van der Waals surface area contributed by atoms with Crippen LogP contribution in [0.5, 0.6) is 0 Å². The first kappa shape index (κ1) is 10.5. The average Bonchev–Trinajstić information content (AvgIpc) is 1.80. The molecule has 1 N–H and O–H groups in total. The highest BCUT2D eigenvalue weighted by Gasteiger charge is 2.55. The van der Waals surface area contributed by atoms with E-state index in [4.69, 9.17) is 4.74 Å². The van der Waals surface area contributed by atoms with E-state index in [1.807, 2.05) is 0 Å². The van der Waals surface area contributed by atoms with Crippen LogP contribution in [0, 0.1) is 5.41 Å². The van der Waals surface area contributed by atoms with Gasteiger partial charge in [-0.25, -0.2) is 0 Å². The fraction of sp³-hybridized carbons (Fsp3) is 0.900. The maximum Gasteiger partial charge on any atom is 0.314 e. The molecule has 0 radical (unpaired) electrons. The molecule has 3 heteroatoms. The number of esters is 1. The molecule has 0 aromatic carbocycles. The van der Waals surface area contributed by atoms with E-state index in [1.54, 1.807) is 20.8 Å². The van der Waals surface area contributed by atoms with E-state index in [1.165, 1.54) is 0 Å². The van der Waals surface area contributed by atoms with Crippen molar-refractivity contribution in [2.24, 2.45) is 5.41 Å². The van der Waals surface area contributed by atoms with Crippen molar-refractivity contribution in [3.05, 3.63) is 0 Å². The minimum atomic E-state index is -0.961. The number of hydrogen-bond acceptors (Lipinski definition) is 3. The van der Waals surface area contributed by atoms with Crippen molar-refractivity contribution in [1.82, 2.24) is 0 Å². The van der Waals surface area contributed by atoms with Crippen molar-refractivity contribution in [3.8, 4) is 0 Å². The van der Waals surface area contributed by atoms with Crippen LogP contribution in [-0.2, 0) is 9.53 Å². The fourth-order valence-electron chi connectivity index (χ4n) is 1.87. The Bertz CT molecular complexity index is 199. The topological polar surface area (TPSA) is 46.5 Å². The molecule has 0 aromatic rings. The molecule has 13 heavy (non-hydrogen) atoms. The maximum atomic E-state index is 11.6. The van der Waals surface area contributed by atoms with Crippen LogP contribution in [0.25, 0.3) is 0 Å². The zero-order valence-corrected chi connectivity index (χ0v) is 8.59. The minimum absolute atomic E-state index is 0.242. The van der Waals surface area contributed by atoms with Crippen molar-refractivity contribution in [1.29, 1.82) is 0 Å². The molecule has 0 saturated heterocycles. The Morgan fingerprint density at radius 1 is 1.54 bits per heavy atom. The van der Waals surface area contributed by atoms with Crippen molar-refractivity contribution in [3.63, 3.8) is 0 Å². The Hall–Kier alpha value is -0.570. The molecule has 0 aliphatic heterocycles. The van der Waals surface area contributed by atoms with Gasteiger partial charge in [-0.3, -0.25) is 4.79 Å². The predicted molar refractivity (Wildman–Crippen MR) is 49.2 cm³/mol. The summed E-state index contributed by atoms with van der Waals surface area (Å²) in [6.07, 6.45) is 2.49. The fourth-order valence-corrected chi connectivity index (χ4v) is 1.87. The van der Waals surface area contributed by atoms with Crippen LogP contribution in [0.15, 0.2) is 0 Å². The first-order valence-electron chi connectivity index (χ1n) is 4.83. The summed E-state index contributed by atoms with van der Waals surface area (Å²) < 4.78 is 4.98. The molecule has 1 aliphatic carbocycles. The molecule has 0 amide bonds. The van der Waals surface area contributed by atoms with Crippen molar-refractivity contribution in [2.75, 3.05) is 6.61 Å². The number of ether oxygens (including phenoxy) is 1. The molecule has 1 saturated carbocycles. The zero-order valence-electron chi connectivity index (χ0n) is 8.59. The third kappa shape index (κ3) is 1.57. The standard InChI is InChI=1S/C10H18O3/c1-4-13-8(11)10(6-5-7-10)9(2,3)12/h12H,4-7H2,1-3H3. The van der Waals surface area contributed by atoms with E-state index in [0.29, 0.717) is 6.61 Å². The number of carbonyl (C=O) groups excluding carboxylic acids is 1. The van der Waals surface area contributed by atoms with Gasteiger partial charge in [0.1, 0.15) is 0 Å². The summed E-state index contributed by atoms with van der Waals surface area (Å²) in [4.78, 5) is 11.6. The van der Waals surface area contributed by atoms with E-state index in [2.05, 4.69) is 0 Å². The molecule has 0 bridgehead atoms. The first-order valence-corrected chi connectivity index (χ1v) is 4.83. The highest BCUT2D eigenvalue weighted by atomic mass is 16.5. The molecule has 0 unspecified atom stereocenters.